The van der Waals surface area contributed by atoms with E-state index >= 15 is 0 Å². The standard InChI is InChI=1S/C17H21N3O2/c1-11-5-7-13(8-6-11)15-10-16(22-20-15)17(21)19-14-4-3-9-18-12(14)2/h5-8,10,12,14,18H,3-4,9H2,1-2H3,(H,19,21). The van der Waals surface area contributed by atoms with Gasteiger partial charge in [0.15, 0.2) is 0 Å². The van der Waals surface area contributed by atoms with Crippen molar-refractivity contribution in [1.29, 1.82) is 0 Å². The molecular weight excluding hydrogens is 278 g/mol. The SMILES string of the molecule is Cc1ccc(-c2cc(C(=O)NC3CCCNC3C)on2)cc1. The summed E-state index contributed by atoms with van der Waals surface area (Å²) in [6.45, 7) is 5.13. The van der Waals surface area contributed by atoms with E-state index in [1.54, 1.807) is 6.07 Å². The lowest BCUT2D eigenvalue weighted by atomic mass is 10.00. The van der Waals surface area contributed by atoms with E-state index in [0.29, 0.717) is 5.69 Å². The summed E-state index contributed by atoms with van der Waals surface area (Å²) in [5.74, 6) is 0.0553. The summed E-state index contributed by atoms with van der Waals surface area (Å²) in [6.07, 6.45) is 2.05. The molecule has 2 unspecified atom stereocenters. The molecule has 0 radical (unpaired) electrons. The lowest BCUT2D eigenvalue weighted by Gasteiger charge is -2.30. The van der Waals surface area contributed by atoms with Crippen molar-refractivity contribution in [2.45, 2.75) is 38.8 Å². The van der Waals surface area contributed by atoms with Crippen molar-refractivity contribution in [3.63, 3.8) is 0 Å². The fourth-order valence-corrected chi connectivity index (χ4v) is 2.72. The van der Waals surface area contributed by atoms with Crippen LogP contribution in [0.15, 0.2) is 34.9 Å². The van der Waals surface area contributed by atoms with Crippen molar-refractivity contribution in [2.75, 3.05) is 6.54 Å². The van der Waals surface area contributed by atoms with Gasteiger partial charge in [-0.15, -0.1) is 0 Å². The predicted octanol–water partition coefficient (Wildman–Crippen LogP) is 2.52. The molecule has 0 spiro atoms. The van der Waals surface area contributed by atoms with Crippen molar-refractivity contribution in [3.8, 4) is 11.3 Å². The number of nitrogens with one attached hydrogen (secondary N) is 2. The molecule has 1 aromatic heterocycles. The summed E-state index contributed by atoms with van der Waals surface area (Å²) in [6, 6.07) is 10.1. The van der Waals surface area contributed by atoms with Gasteiger partial charge in [-0.3, -0.25) is 4.79 Å². The summed E-state index contributed by atoms with van der Waals surface area (Å²) in [5.41, 5.74) is 2.81. The first-order valence-corrected chi connectivity index (χ1v) is 7.71. The van der Waals surface area contributed by atoms with Gasteiger partial charge >= 0.3 is 0 Å². The number of amides is 1. The lowest BCUT2D eigenvalue weighted by Crippen LogP contribution is -2.51. The highest BCUT2D eigenvalue weighted by Gasteiger charge is 2.24. The maximum Gasteiger partial charge on any atom is 0.290 e. The third kappa shape index (κ3) is 3.20. The largest absolute Gasteiger partial charge is 0.350 e. The topological polar surface area (TPSA) is 67.2 Å². The third-order valence-electron chi connectivity index (χ3n) is 4.16. The van der Waals surface area contributed by atoms with Gasteiger partial charge < -0.3 is 15.2 Å². The molecule has 0 saturated carbocycles. The maximum absolute atomic E-state index is 12.3. The Bertz CT molecular complexity index is 648. The second-order valence-electron chi connectivity index (χ2n) is 5.91. The molecule has 2 atom stereocenters. The van der Waals surface area contributed by atoms with Crippen LogP contribution < -0.4 is 10.6 Å². The molecule has 1 aliphatic rings. The van der Waals surface area contributed by atoms with Crippen molar-refractivity contribution in [2.24, 2.45) is 0 Å². The summed E-state index contributed by atoms with van der Waals surface area (Å²) in [7, 11) is 0. The van der Waals surface area contributed by atoms with E-state index in [4.69, 9.17) is 4.52 Å². The summed E-state index contributed by atoms with van der Waals surface area (Å²) >= 11 is 0. The maximum atomic E-state index is 12.3. The monoisotopic (exact) mass is 299 g/mol. The second kappa shape index (κ2) is 6.32. The normalized spacial score (nSPS) is 21.5. The Hall–Kier alpha value is -2.14. The number of aromatic nitrogens is 1. The molecule has 1 amide bonds. The molecular formula is C17H21N3O2. The lowest BCUT2D eigenvalue weighted by molar-refractivity contribution is 0.0882. The minimum Gasteiger partial charge on any atom is -0.350 e. The van der Waals surface area contributed by atoms with Crippen LogP contribution in [0.5, 0.6) is 0 Å². The van der Waals surface area contributed by atoms with Gasteiger partial charge in [0.05, 0.1) is 0 Å². The Morgan fingerprint density at radius 3 is 2.86 bits per heavy atom. The number of benzene rings is 1. The fourth-order valence-electron chi connectivity index (χ4n) is 2.72. The Morgan fingerprint density at radius 1 is 1.36 bits per heavy atom. The minimum atomic E-state index is -0.202. The third-order valence-corrected chi connectivity index (χ3v) is 4.16. The Kier molecular flexibility index (Phi) is 4.24. The van der Waals surface area contributed by atoms with Crippen molar-refractivity contribution < 1.29 is 9.32 Å². The molecule has 1 fully saturated rings. The van der Waals surface area contributed by atoms with E-state index in [2.05, 4.69) is 22.7 Å². The summed E-state index contributed by atoms with van der Waals surface area (Å²) in [5, 5.41) is 10.4. The number of hydrogen-bond acceptors (Lipinski definition) is 4. The van der Waals surface area contributed by atoms with Crippen LogP contribution in [0.25, 0.3) is 11.3 Å². The van der Waals surface area contributed by atoms with E-state index < -0.39 is 0 Å². The second-order valence-corrected chi connectivity index (χ2v) is 5.91. The number of hydrogen-bond donors (Lipinski definition) is 2. The number of rotatable bonds is 3. The van der Waals surface area contributed by atoms with Gasteiger partial charge in [-0.25, -0.2) is 0 Å². The molecule has 1 saturated heterocycles. The zero-order valence-corrected chi connectivity index (χ0v) is 12.9. The molecule has 2 aromatic rings. The molecule has 22 heavy (non-hydrogen) atoms. The average Bonchev–Trinajstić information content (AvgIpc) is 3.00. The van der Waals surface area contributed by atoms with E-state index in [1.165, 1.54) is 5.56 Å². The quantitative estimate of drug-likeness (QED) is 0.914. The Morgan fingerprint density at radius 2 is 2.14 bits per heavy atom. The number of aryl methyl sites for hydroxylation is 1. The van der Waals surface area contributed by atoms with Gasteiger partial charge in [0.25, 0.3) is 5.91 Å². The van der Waals surface area contributed by atoms with Crippen molar-refractivity contribution >= 4 is 5.91 Å². The van der Waals surface area contributed by atoms with Crippen LogP contribution in [0.2, 0.25) is 0 Å². The first kappa shape index (κ1) is 14.8. The molecule has 3 rings (SSSR count). The summed E-state index contributed by atoms with van der Waals surface area (Å²) in [4.78, 5) is 12.3. The number of carbonyl (C=O) groups is 1. The predicted molar refractivity (Wildman–Crippen MR) is 84.6 cm³/mol. The van der Waals surface area contributed by atoms with Gasteiger partial charge in [0.2, 0.25) is 5.76 Å². The van der Waals surface area contributed by atoms with E-state index in [-0.39, 0.29) is 23.8 Å². The number of carbonyl (C=O) groups excluding carboxylic acids is 1. The van der Waals surface area contributed by atoms with Gasteiger partial charge in [-0.1, -0.05) is 35.0 Å². The van der Waals surface area contributed by atoms with E-state index in [9.17, 15) is 4.79 Å². The van der Waals surface area contributed by atoms with Crippen LogP contribution in [-0.4, -0.2) is 29.7 Å². The zero-order valence-electron chi connectivity index (χ0n) is 12.9. The number of nitrogens with zero attached hydrogens (tertiary/aromatic N) is 1. The van der Waals surface area contributed by atoms with Gasteiger partial charge in [-0.05, 0) is 33.2 Å². The van der Waals surface area contributed by atoms with Crippen molar-refractivity contribution in [3.05, 3.63) is 41.7 Å². The first-order valence-electron chi connectivity index (χ1n) is 7.71. The molecule has 2 heterocycles. The molecule has 2 N–H and O–H groups in total. The molecule has 5 nitrogen and oxygen atoms in total. The van der Waals surface area contributed by atoms with Crippen LogP contribution in [0.4, 0.5) is 0 Å². The zero-order chi connectivity index (χ0) is 15.5. The Labute approximate surface area is 130 Å². The molecule has 1 aromatic carbocycles. The van der Waals surface area contributed by atoms with Crippen LogP contribution in [0.1, 0.15) is 35.9 Å². The van der Waals surface area contributed by atoms with Crippen molar-refractivity contribution in [1.82, 2.24) is 15.8 Å². The van der Waals surface area contributed by atoms with E-state index in [1.807, 2.05) is 31.2 Å². The fraction of sp³-hybridized carbons (Fsp3) is 0.412. The van der Waals surface area contributed by atoms with Crippen LogP contribution >= 0.6 is 0 Å². The van der Waals surface area contributed by atoms with Crippen LogP contribution in [0, 0.1) is 6.92 Å². The molecule has 5 heteroatoms. The molecule has 0 aliphatic carbocycles. The molecule has 116 valence electrons. The van der Waals surface area contributed by atoms with E-state index in [0.717, 1.165) is 24.9 Å². The highest BCUT2D eigenvalue weighted by atomic mass is 16.5. The number of piperidine rings is 1. The van der Waals surface area contributed by atoms with Crippen LogP contribution in [0.3, 0.4) is 0 Å². The van der Waals surface area contributed by atoms with Gasteiger partial charge in [0, 0.05) is 23.7 Å². The molecule has 1 aliphatic heterocycles. The minimum absolute atomic E-state index is 0.133. The highest BCUT2D eigenvalue weighted by Crippen LogP contribution is 2.20. The molecule has 0 bridgehead atoms. The summed E-state index contributed by atoms with van der Waals surface area (Å²) < 4.78 is 5.21. The Balaban J connectivity index is 1.70. The average molecular weight is 299 g/mol. The van der Waals surface area contributed by atoms with Crippen LogP contribution in [-0.2, 0) is 0 Å². The smallest absolute Gasteiger partial charge is 0.290 e. The highest BCUT2D eigenvalue weighted by molar-refractivity contribution is 5.92. The van der Waals surface area contributed by atoms with Gasteiger partial charge in [-0.2, -0.15) is 0 Å². The van der Waals surface area contributed by atoms with Gasteiger partial charge in [0.1, 0.15) is 5.69 Å². The first-order chi connectivity index (χ1) is 10.6.